The molecule has 0 aliphatic carbocycles. The molecule has 0 spiro atoms. The van der Waals surface area contributed by atoms with Crippen LogP contribution >= 0.6 is 11.6 Å². The van der Waals surface area contributed by atoms with Crippen molar-refractivity contribution in [2.45, 2.75) is 6.92 Å². The van der Waals surface area contributed by atoms with Gasteiger partial charge in [-0.2, -0.15) is 0 Å². The SMILES string of the molecule is Cc1ccnc(Nc2cccc(Cl)c2F)c1N. The number of rotatable bonds is 2. The number of benzene rings is 1. The van der Waals surface area contributed by atoms with E-state index in [0.717, 1.165) is 5.56 Å². The van der Waals surface area contributed by atoms with E-state index in [4.69, 9.17) is 17.3 Å². The summed E-state index contributed by atoms with van der Waals surface area (Å²) in [5.74, 6) is -0.0944. The van der Waals surface area contributed by atoms with E-state index in [2.05, 4.69) is 10.3 Å². The summed E-state index contributed by atoms with van der Waals surface area (Å²) >= 11 is 5.68. The van der Waals surface area contributed by atoms with E-state index in [0.29, 0.717) is 11.5 Å². The van der Waals surface area contributed by atoms with Crippen LogP contribution in [0.15, 0.2) is 30.5 Å². The van der Waals surface area contributed by atoms with Crippen LogP contribution in [0.3, 0.4) is 0 Å². The van der Waals surface area contributed by atoms with Crippen molar-refractivity contribution < 1.29 is 4.39 Å². The molecule has 5 heteroatoms. The minimum absolute atomic E-state index is 0.0567. The van der Waals surface area contributed by atoms with Crippen molar-refractivity contribution in [3.8, 4) is 0 Å². The average Bonchev–Trinajstić information content (AvgIpc) is 2.31. The van der Waals surface area contributed by atoms with Gasteiger partial charge in [0.15, 0.2) is 11.6 Å². The standard InChI is InChI=1S/C12H11ClFN3/c1-7-5-6-16-12(11(7)15)17-9-4-2-3-8(13)10(9)14/h2-6H,15H2,1H3,(H,16,17). The fourth-order valence-corrected chi connectivity index (χ4v) is 1.57. The summed E-state index contributed by atoms with van der Waals surface area (Å²) in [6, 6.07) is 6.49. The van der Waals surface area contributed by atoms with E-state index in [1.54, 1.807) is 24.4 Å². The summed E-state index contributed by atoms with van der Waals surface area (Å²) in [6.07, 6.45) is 1.61. The zero-order chi connectivity index (χ0) is 12.4. The highest BCUT2D eigenvalue weighted by Gasteiger charge is 2.09. The fourth-order valence-electron chi connectivity index (χ4n) is 1.40. The molecule has 3 N–H and O–H groups in total. The minimum Gasteiger partial charge on any atom is -0.396 e. The van der Waals surface area contributed by atoms with Crippen LogP contribution in [-0.4, -0.2) is 4.98 Å². The number of nitrogens with two attached hydrogens (primary N) is 1. The number of hydrogen-bond donors (Lipinski definition) is 2. The predicted octanol–water partition coefficient (Wildman–Crippen LogP) is 3.51. The van der Waals surface area contributed by atoms with Crippen LogP contribution in [0, 0.1) is 12.7 Å². The predicted molar refractivity (Wildman–Crippen MR) is 68.1 cm³/mol. The van der Waals surface area contributed by atoms with Crippen molar-refractivity contribution in [2.75, 3.05) is 11.1 Å². The van der Waals surface area contributed by atoms with Crippen molar-refractivity contribution >= 4 is 28.8 Å². The summed E-state index contributed by atoms with van der Waals surface area (Å²) < 4.78 is 13.7. The number of pyridine rings is 1. The third-order valence-electron chi connectivity index (χ3n) is 2.41. The number of nitrogens with one attached hydrogen (secondary N) is 1. The Balaban J connectivity index is 2.38. The second kappa shape index (κ2) is 4.59. The Morgan fingerprint density at radius 1 is 1.35 bits per heavy atom. The molecule has 0 aliphatic rings. The number of aromatic nitrogens is 1. The molecule has 0 unspecified atom stereocenters. The zero-order valence-corrected chi connectivity index (χ0v) is 9.92. The maximum Gasteiger partial charge on any atom is 0.165 e. The van der Waals surface area contributed by atoms with Crippen molar-refractivity contribution in [3.05, 3.63) is 46.9 Å². The summed E-state index contributed by atoms with van der Waals surface area (Å²) in [6.45, 7) is 1.86. The molecule has 1 heterocycles. The Hall–Kier alpha value is -1.81. The molecule has 0 aliphatic heterocycles. The second-order valence-corrected chi connectivity index (χ2v) is 4.02. The molecule has 0 saturated heterocycles. The summed E-state index contributed by atoms with van der Waals surface area (Å²) in [5, 5.41) is 2.88. The number of hydrogen-bond acceptors (Lipinski definition) is 3. The van der Waals surface area contributed by atoms with Gasteiger partial charge in [-0.1, -0.05) is 17.7 Å². The monoisotopic (exact) mass is 251 g/mol. The van der Waals surface area contributed by atoms with Gasteiger partial charge in [0, 0.05) is 6.20 Å². The van der Waals surface area contributed by atoms with Crippen LogP contribution in [0.4, 0.5) is 21.6 Å². The molecule has 1 aromatic carbocycles. The molecule has 2 aromatic rings. The molecule has 0 amide bonds. The Labute approximate surface area is 103 Å². The van der Waals surface area contributed by atoms with Crippen LogP contribution in [0.1, 0.15) is 5.56 Å². The number of halogens is 2. The van der Waals surface area contributed by atoms with Gasteiger partial charge in [0.1, 0.15) is 0 Å². The van der Waals surface area contributed by atoms with E-state index in [1.807, 2.05) is 6.92 Å². The van der Waals surface area contributed by atoms with Crippen LogP contribution < -0.4 is 11.1 Å². The Morgan fingerprint density at radius 3 is 2.88 bits per heavy atom. The molecule has 0 fully saturated rings. The first-order chi connectivity index (χ1) is 8.09. The summed E-state index contributed by atoms with van der Waals surface area (Å²) in [4.78, 5) is 4.06. The van der Waals surface area contributed by atoms with Gasteiger partial charge in [0.2, 0.25) is 0 Å². The quantitative estimate of drug-likeness (QED) is 0.859. The summed E-state index contributed by atoms with van der Waals surface area (Å²) in [7, 11) is 0. The van der Waals surface area contributed by atoms with Crippen molar-refractivity contribution in [2.24, 2.45) is 0 Å². The molecule has 3 nitrogen and oxygen atoms in total. The Morgan fingerprint density at radius 2 is 2.12 bits per heavy atom. The molecule has 0 atom stereocenters. The third kappa shape index (κ3) is 2.31. The molecule has 1 aromatic heterocycles. The fraction of sp³-hybridized carbons (Fsp3) is 0.0833. The molecule has 17 heavy (non-hydrogen) atoms. The van der Waals surface area contributed by atoms with Crippen LogP contribution in [-0.2, 0) is 0 Å². The van der Waals surface area contributed by atoms with Crippen LogP contribution in [0.25, 0.3) is 0 Å². The van der Waals surface area contributed by atoms with Gasteiger partial charge in [-0.25, -0.2) is 9.37 Å². The first kappa shape index (κ1) is 11.7. The van der Waals surface area contributed by atoms with Gasteiger partial charge in [0.25, 0.3) is 0 Å². The molecule has 0 saturated carbocycles. The molecular weight excluding hydrogens is 241 g/mol. The lowest BCUT2D eigenvalue weighted by molar-refractivity contribution is 0.632. The van der Waals surface area contributed by atoms with Crippen molar-refractivity contribution in [3.63, 3.8) is 0 Å². The molecule has 2 rings (SSSR count). The zero-order valence-electron chi connectivity index (χ0n) is 9.17. The highest BCUT2D eigenvalue weighted by Crippen LogP contribution is 2.27. The highest BCUT2D eigenvalue weighted by molar-refractivity contribution is 6.31. The molecular formula is C12H11ClFN3. The first-order valence-corrected chi connectivity index (χ1v) is 5.39. The Bertz CT molecular complexity index is 508. The van der Waals surface area contributed by atoms with Crippen LogP contribution in [0.5, 0.6) is 0 Å². The molecule has 0 radical (unpaired) electrons. The van der Waals surface area contributed by atoms with Crippen molar-refractivity contribution in [1.29, 1.82) is 0 Å². The Kier molecular flexibility index (Phi) is 3.15. The lowest BCUT2D eigenvalue weighted by Crippen LogP contribution is -2.02. The van der Waals surface area contributed by atoms with Gasteiger partial charge < -0.3 is 11.1 Å². The van der Waals surface area contributed by atoms with E-state index < -0.39 is 5.82 Å². The number of anilines is 3. The maximum atomic E-state index is 13.7. The number of aryl methyl sites for hydroxylation is 1. The summed E-state index contributed by atoms with van der Waals surface area (Å²) in [5.41, 5.74) is 7.46. The minimum atomic E-state index is -0.517. The van der Waals surface area contributed by atoms with E-state index in [-0.39, 0.29) is 10.7 Å². The normalized spacial score (nSPS) is 10.3. The molecule has 0 bridgehead atoms. The van der Waals surface area contributed by atoms with E-state index >= 15 is 0 Å². The number of nitrogens with zero attached hydrogens (tertiary/aromatic N) is 1. The van der Waals surface area contributed by atoms with Gasteiger partial charge in [-0.15, -0.1) is 0 Å². The topological polar surface area (TPSA) is 50.9 Å². The van der Waals surface area contributed by atoms with Crippen LogP contribution in [0.2, 0.25) is 5.02 Å². The third-order valence-corrected chi connectivity index (χ3v) is 2.70. The second-order valence-electron chi connectivity index (χ2n) is 3.62. The first-order valence-electron chi connectivity index (χ1n) is 5.01. The lowest BCUT2D eigenvalue weighted by Gasteiger charge is -2.10. The number of nitrogen functional groups attached to an aromatic ring is 1. The van der Waals surface area contributed by atoms with Gasteiger partial charge in [-0.05, 0) is 30.7 Å². The largest absolute Gasteiger partial charge is 0.396 e. The average molecular weight is 252 g/mol. The van der Waals surface area contributed by atoms with E-state index in [1.165, 1.54) is 6.07 Å². The van der Waals surface area contributed by atoms with Gasteiger partial charge >= 0.3 is 0 Å². The molecule has 88 valence electrons. The van der Waals surface area contributed by atoms with E-state index in [9.17, 15) is 4.39 Å². The van der Waals surface area contributed by atoms with Gasteiger partial charge in [0.05, 0.1) is 16.4 Å². The van der Waals surface area contributed by atoms with Gasteiger partial charge in [-0.3, -0.25) is 0 Å². The smallest absolute Gasteiger partial charge is 0.165 e. The highest BCUT2D eigenvalue weighted by atomic mass is 35.5. The lowest BCUT2D eigenvalue weighted by atomic mass is 10.2. The maximum absolute atomic E-state index is 13.7. The van der Waals surface area contributed by atoms with Crippen molar-refractivity contribution in [1.82, 2.24) is 4.98 Å².